The Kier molecular flexibility index (Phi) is 3.55. The summed E-state index contributed by atoms with van der Waals surface area (Å²) in [6.07, 6.45) is 4.89. The van der Waals surface area contributed by atoms with Gasteiger partial charge in [-0.15, -0.1) is 0 Å². The van der Waals surface area contributed by atoms with Gasteiger partial charge in [-0.05, 0) is 31.5 Å². The Morgan fingerprint density at radius 1 is 1.14 bits per heavy atom. The van der Waals surface area contributed by atoms with E-state index in [0.29, 0.717) is 12.5 Å². The number of hydrogen-bond acceptors (Lipinski definition) is 6. The molecule has 3 aromatic rings. The highest BCUT2D eigenvalue weighted by Crippen LogP contribution is 2.08. The predicted molar refractivity (Wildman–Crippen MR) is 78.0 cm³/mol. The van der Waals surface area contributed by atoms with Crippen LogP contribution >= 0.6 is 0 Å². The lowest BCUT2D eigenvalue weighted by Crippen LogP contribution is -2.06. The van der Waals surface area contributed by atoms with Gasteiger partial charge in [0, 0.05) is 24.1 Å². The van der Waals surface area contributed by atoms with Gasteiger partial charge < -0.3 is 5.32 Å². The Hall–Kier alpha value is -2.83. The van der Waals surface area contributed by atoms with Crippen molar-refractivity contribution in [1.29, 1.82) is 0 Å². The predicted octanol–water partition coefficient (Wildman–Crippen LogP) is 1.68. The first kappa shape index (κ1) is 13.2. The summed E-state index contributed by atoms with van der Waals surface area (Å²) in [4.78, 5) is 16.9. The molecule has 0 atom stereocenters. The van der Waals surface area contributed by atoms with Crippen molar-refractivity contribution in [3.05, 3.63) is 54.0 Å². The molecule has 0 bridgehead atoms. The van der Waals surface area contributed by atoms with E-state index >= 15 is 0 Å². The number of nitrogens with one attached hydrogen (secondary N) is 1. The number of aromatic nitrogens is 6. The van der Waals surface area contributed by atoms with E-state index in [0.717, 1.165) is 22.8 Å². The first-order chi connectivity index (χ1) is 10.2. The van der Waals surface area contributed by atoms with Gasteiger partial charge in [0.1, 0.15) is 12.7 Å². The molecule has 0 fully saturated rings. The van der Waals surface area contributed by atoms with E-state index in [9.17, 15) is 0 Å². The van der Waals surface area contributed by atoms with E-state index < -0.39 is 0 Å². The highest BCUT2D eigenvalue weighted by molar-refractivity contribution is 5.31. The maximum absolute atomic E-state index is 4.35. The summed E-state index contributed by atoms with van der Waals surface area (Å²) in [6.45, 7) is 4.52. The number of nitrogens with zero attached hydrogens (tertiary/aromatic N) is 6. The second-order valence-corrected chi connectivity index (χ2v) is 4.69. The molecule has 0 aliphatic rings. The van der Waals surface area contributed by atoms with E-state index in [1.807, 2.05) is 32.0 Å². The summed E-state index contributed by atoms with van der Waals surface area (Å²) in [5.74, 6) is 1.37. The fourth-order valence-electron chi connectivity index (χ4n) is 1.97. The molecular formula is C14H15N7. The second kappa shape index (κ2) is 5.66. The number of aryl methyl sites for hydroxylation is 2. The third-order valence-corrected chi connectivity index (χ3v) is 2.90. The third kappa shape index (κ3) is 3.19. The van der Waals surface area contributed by atoms with Crippen LogP contribution in [0.3, 0.4) is 0 Å². The average molecular weight is 281 g/mol. The summed E-state index contributed by atoms with van der Waals surface area (Å²) in [6, 6.07) is 5.83. The van der Waals surface area contributed by atoms with Gasteiger partial charge >= 0.3 is 0 Å². The van der Waals surface area contributed by atoms with Gasteiger partial charge in [-0.2, -0.15) is 5.10 Å². The minimum Gasteiger partial charge on any atom is -0.350 e. The number of rotatable bonds is 4. The lowest BCUT2D eigenvalue weighted by Gasteiger charge is -2.07. The molecule has 3 aromatic heterocycles. The average Bonchev–Trinajstić information content (AvgIpc) is 2.99. The fourth-order valence-corrected chi connectivity index (χ4v) is 1.97. The maximum atomic E-state index is 4.35. The van der Waals surface area contributed by atoms with E-state index in [2.05, 4.69) is 30.4 Å². The Morgan fingerprint density at radius 2 is 1.95 bits per heavy atom. The molecule has 0 aliphatic carbocycles. The van der Waals surface area contributed by atoms with Gasteiger partial charge in [0.2, 0.25) is 5.95 Å². The fraction of sp³-hybridized carbons (Fsp3) is 0.214. The second-order valence-electron chi connectivity index (χ2n) is 4.69. The van der Waals surface area contributed by atoms with E-state index in [1.165, 1.54) is 6.33 Å². The molecule has 0 saturated carbocycles. The summed E-state index contributed by atoms with van der Waals surface area (Å²) < 4.78 is 1.62. The van der Waals surface area contributed by atoms with Gasteiger partial charge in [0.05, 0.1) is 0 Å². The molecule has 0 aromatic carbocycles. The molecule has 0 amide bonds. The summed E-state index contributed by atoms with van der Waals surface area (Å²) in [7, 11) is 0. The zero-order chi connectivity index (χ0) is 14.7. The summed E-state index contributed by atoms with van der Waals surface area (Å²) in [5.41, 5.74) is 2.94. The highest BCUT2D eigenvalue weighted by Gasteiger charge is 2.01. The third-order valence-electron chi connectivity index (χ3n) is 2.90. The Labute approximate surface area is 122 Å². The molecule has 0 unspecified atom stereocenters. The van der Waals surface area contributed by atoms with Crippen molar-refractivity contribution in [1.82, 2.24) is 29.7 Å². The first-order valence-corrected chi connectivity index (χ1v) is 6.57. The standard InChI is InChI=1S/C14H15N7/c1-10-5-11(2)20-14(19-10)17-7-12-3-4-13(16-6-12)21-9-15-8-18-21/h3-6,8-9H,7H2,1-2H3,(H,17,19,20). The van der Waals surface area contributed by atoms with Crippen molar-refractivity contribution < 1.29 is 0 Å². The molecule has 1 N–H and O–H groups in total. The van der Waals surface area contributed by atoms with Crippen LogP contribution in [0.4, 0.5) is 5.95 Å². The van der Waals surface area contributed by atoms with Crippen molar-refractivity contribution in [2.75, 3.05) is 5.32 Å². The van der Waals surface area contributed by atoms with Crippen molar-refractivity contribution in [2.45, 2.75) is 20.4 Å². The van der Waals surface area contributed by atoms with Gasteiger partial charge in [-0.1, -0.05) is 6.07 Å². The van der Waals surface area contributed by atoms with E-state index in [4.69, 9.17) is 0 Å². The van der Waals surface area contributed by atoms with Crippen molar-refractivity contribution in [3.8, 4) is 5.82 Å². The smallest absolute Gasteiger partial charge is 0.223 e. The van der Waals surface area contributed by atoms with Gasteiger partial charge in [-0.25, -0.2) is 24.6 Å². The van der Waals surface area contributed by atoms with Crippen LogP contribution in [0.1, 0.15) is 17.0 Å². The largest absolute Gasteiger partial charge is 0.350 e. The highest BCUT2D eigenvalue weighted by atomic mass is 15.3. The van der Waals surface area contributed by atoms with Crippen LogP contribution in [-0.2, 0) is 6.54 Å². The quantitative estimate of drug-likeness (QED) is 0.783. The SMILES string of the molecule is Cc1cc(C)nc(NCc2ccc(-n3cncn3)nc2)n1. The zero-order valence-corrected chi connectivity index (χ0v) is 11.9. The van der Waals surface area contributed by atoms with Gasteiger partial charge in [0.25, 0.3) is 0 Å². The molecule has 106 valence electrons. The first-order valence-electron chi connectivity index (χ1n) is 6.57. The number of pyridine rings is 1. The molecule has 3 heterocycles. The zero-order valence-electron chi connectivity index (χ0n) is 11.9. The van der Waals surface area contributed by atoms with E-state index in [1.54, 1.807) is 17.2 Å². The molecule has 0 radical (unpaired) electrons. The lowest BCUT2D eigenvalue weighted by molar-refractivity contribution is 0.841. The van der Waals surface area contributed by atoms with Crippen molar-refractivity contribution in [2.24, 2.45) is 0 Å². The molecule has 3 rings (SSSR count). The Morgan fingerprint density at radius 3 is 2.57 bits per heavy atom. The Balaban J connectivity index is 1.68. The van der Waals surface area contributed by atoms with Crippen LogP contribution in [0.15, 0.2) is 37.1 Å². The molecule has 0 aliphatic heterocycles. The maximum Gasteiger partial charge on any atom is 0.223 e. The van der Waals surface area contributed by atoms with Crippen LogP contribution < -0.4 is 5.32 Å². The molecule has 0 spiro atoms. The number of hydrogen-bond donors (Lipinski definition) is 1. The van der Waals surface area contributed by atoms with E-state index in [-0.39, 0.29) is 0 Å². The van der Waals surface area contributed by atoms with Crippen LogP contribution in [0.2, 0.25) is 0 Å². The molecule has 21 heavy (non-hydrogen) atoms. The minimum atomic E-state index is 0.619. The van der Waals surface area contributed by atoms with Crippen LogP contribution in [-0.4, -0.2) is 29.7 Å². The van der Waals surface area contributed by atoms with Gasteiger partial charge in [0.15, 0.2) is 5.82 Å². The topological polar surface area (TPSA) is 81.4 Å². The molecule has 0 saturated heterocycles. The monoisotopic (exact) mass is 281 g/mol. The lowest BCUT2D eigenvalue weighted by atomic mass is 10.3. The normalized spacial score (nSPS) is 10.6. The Bertz CT molecular complexity index is 699. The summed E-state index contributed by atoms with van der Waals surface area (Å²) in [5, 5.41) is 7.24. The van der Waals surface area contributed by atoms with Crippen molar-refractivity contribution in [3.63, 3.8) is 0 Å². The van der Waals surface area contributed by atoms with Crippen LogP contribution in [0.5, 0.6) is 0 Å². The minimum absolute atomic E-state index is 0.619. The van der Waals surface area contributed by atoms with Crippen LogP contribution in [0, 0.1) is 13.8 Å². The van der Waals surface area contributed by atoms with Crippen LogP contribution in [0.25, 0.3) is 5.82 Å². The molecule has 7 nitrogen and oxygen atoms in total. The van der Waals surface area contributed by atoms with Crippen molar-refractivity contribution >= 4 is 5.95 Å². The van der Waals surface area contributed by atoms with Gasteiger partial charge in [-0.3, -0.25) is 0 Å². The summed E-state index contributed by atoms with van der Waals surface area (Å²) >= 11 is 0. The molecular weight excluding hydrogens is 266 g/mol. The number of anilines is 1. The molecule has 7 heteroatoms.